The van der Waals surface area contributed by atoms with Gasteiger partial charge in [0.05, 0.1) is 6.20 Å². The maximum atomic E-state index is 11.6. The molecule has 14 heavy (non-hydrogen) atoms. The molecule has 0 saturated carbocycles. The molecular formula is C10H17N3O. The van der Waals surface area contributed by atoms with Crippen LogP contribution in [-0.4, -0.2) is 34.7 Å². The van der Waals surface area contributed by atoms with Crippen LogP contribution in [0.3, 0.4) is 0 Å². The summed E-state index contributed by atoms with van der Waals surface area (Å²) in [6.45, 7) is 3.93. The van der Waals surface area contributed by atoms with Crippen molar-refractivity contribution in [3.8, 4) is 0 Å². The maximum absolute atomic E-state index is 11.6. The first-order valence-electron chi connectivity index (χ1n) is 4.80. The Morgan fingerprint density at radius 2 is 2.29 bits per heavy atom. The molecule has 0 radical (unpaired) electrons. The zero-order valence-electron chi connectivity index (χ0n) is 9.19. The highest BCUT2D eigenvalue weighted by Crippen LogP contribution is 2.09. The van der Waals surface area contributed by atoms with Gasteiger partial charge in [-0.05, 0) is 18.9 Å². The lowest BCUT2D eigenvalue weighted by atomic mass is 10.3. The highest BCUT2D eigenvalue weighted by molar-refractivity contribution is 5.79. The summed E-state index contributed by atoms with van der Waals surface area (Å²) < 4.78 is 1.71. The fourth-order valence-corrected chi connectivity index (χ4v) is 1.26. The van der Waals surface area contributed by atoms with Crippen molar-refractivity contribution in [1.82, 2.24) is 14.7 Å². The normalized spacial score (nSPS) is 12.6. The second-order valence-electron chi connectivity index (χ2n) is 3.59. The molecule has 0 aliphatic heterocycles. The van der Waals surface area contributed by atoms with E-state index in [0.717, 1.165) is 12.0 Å². The zero-order chi connectivity index (χ0) is 10.7. The van der Waals surface area contributed by atoms with Crippen LogP contribution in [0.15, 0.2) is 12.4 Å². The quantitative estimate of drug-likeness (QED) is 0.724. The number of nitrogens with zero attached hydrogens (tertiary/aromatic N) is 3. The minimum atomic E-state index is -0.217. The summed E-state index contributed by atoms with van der Waals surface area (Å²) in [6, 6.07) is -0.217. The molecule has 1 aromatic rings. The lowest BCUT2D eigenvalue weighted by molar-refractivity contribution is -0.131. The Morgan fingerprint density at radius 3 is 2.71 bits per heavy atom. The molecule has 1 rings (SSSR count). The number of amides is 1. The standard InChI is InChI=1S/C10H17N3O/c1-5-9-6-11-13(7-9)8(2)10(14)12(3)4/h6-8H,5H2,1-4H3. The summed E-state index contributed by atoms with van der Waals surface area (Å²) in [5.41, 5.74) is 1.16. The molecule has 1 atom stereocenters. The van der Waals surface area contributed by atoms with Gasteiger partial charge in [-0.3, -0.25) is 9.48 Å². The van der Waals surface area contributed by atoms with E-state index in [0.29, 0.717) is 0 Å². The molecule has 0 bridgehead atoms. The average molecular weight is 195 g/mol. The van der Waals surface area contributed by atoms with Crippen LogP contribution in [0, 0.1) is 0 Å². The Bertz CT molecular complexity index is 317. The van der Waals surface area contributed by atoms with E-state index in [2.05, 4.69) is 12.0 Å². The van der Waals surface area contributed by atoms with Crippen LogP contribution in [0.25, 0.3) is 0 Å². The minimum Gasteiger partial charge on any atom is -0.347 e. The predicted molar refractivity (Wildman–Crippen MR) is 55.0 cm³/mol. The van der Waals surface area contributed by atoms with Crippen LogP contribution in [0.1, 0.15) is 25.5 Å². The number of carbonyl (C=O) groups is 1. The van der Waals surface area contributed by atoms with Crippen LogP contribution in [0.5, 0.6) is 0 Å². The van der Waals surface area contributed by atoms with E-state index in [1.54, 1.807) is 29.9 Å². The van der Waals surface area contributed by atoms with Crippen molar-refractivity contribution < 1.29 is 4.79 Å². The summed E-state index contributed by atoms with van der Waals surface area (Å²) in [6.07, 6.45) is 4.67. The maximum Gasteiger partial charge on any atom is 0.246 e. The molecule has 78 valence electrons. The van der Waals surface area contributed by atoms with Gasteiger partial charge in [0, 0.05) is 20.3 Å². The lowest BCUT2D eigenvalue weighted by Crippen LogP contribution is -2.30. The Balaban J connectivity index is 2.78. The second kappa shape index (κ2) is 4.26. The number of likely N-dealkylation sites (N-methyl/N-ethyl adjacent to an activating group) is 1. The Hall–Kier alpha value is -1.32. The largest absolute Gasteiger partial charge is 0.347 e. The van der Waals surface area contributed by atoms with Crippen molar-refractivity contribution in [1.29, 1.82) is 0 Å². The molecule has 0 saturated heterocycles. The summed E-state index contributed by atoms with van der Waals surface area (Å²) in [4.78, 5) is 13.2. The highest BCUT2D eigenvalue weighted by Gasteiger charge is 2.16. The first-order chi connectivity index (χ1) is 6.56. The summed E-state index contributed by atoms with van der Waals surface area (Å²) in [5.74, 6) is 0.0655. The first kappa shape index (κ1) is 10.8. The topological polar surface area (TPSA) is 38.1 Å². The summed E-state index contributed by atoms with van der Waals surface area (Å²) in [7, 11) is 3.51. The van der Waals surface area contributed by atoms with Gasteiger partial charge < -0.3 is 4.90 Å². The average Bonchev–Trinajstić information content (AvgIpc) is 2.63. The van der Waals surface area contributed by atoms with E-state index in [1.807, 2.05) is 13.1 Å². The summed E-state index contributed by atoms with van der Waals surface area (Å²) >= 11 is 0. The van der Waals surface area contributed by atoms with Gasteiger partial charge in [0.25, 0.3) is 0 Å². The van der Waals surface area contributed by atoms with Crippen LogP contribution in [-0.2, 0) is 11.2 Å². The Morgan fingerprint density at radius 1 is 1.64 bits per heavy atom. The molecule has 4 heteroatoms. The van der Waals surface area contributed by atoms with Gasteiger partial charge in [0.2, 0.25) is 5.91 Å². The van der Waals surface area contributed by atoms with E-state index in [-0.39, 0.29) is 11.9 Å². The number of carbonyl (C=O) groups excluding carboxylic acids is 1. The van der Waals surface area contributed by atoms with Gasteiger partial charge in [0.1, 0.15) is 6.04 Å². The molecule has 1 unspecified atom stereocenters. The molecule has 4 nitrogen and oxygen atoms in total. The third-order valence-electron chi connectivity index (χ3n) is 2.26. The van der Waals surface area contributed by atoms with Crippen molar-refractivity contribution >= 4 is 5.91 Å². The van der Waals surface area contributed by atoms with Crippen molar-refractivity contribution in [3.63, 3.8) is 0 Å². The number of rotatable bonds is 3. The lowest BCUT2D eigenvalue weighted by Gasteiger charge is -2.16. The second-order valence-corrected chi connectivity index (χ2v) is 3.59. The molecule has 0 aliphatic rings. The van der Waals surface area contributed by atoms with Crippen molar-refractivity contribution in [2.75, 3.05) is 14.1 Å². The zero-order valence-corrected chi connectivity index (χ0v) is 9.19. The van der Waals surface area contributed by atoms with Gasteiger partial charge in [-0.2, -0.15) is 5.10 Å². The van der Waals surface area contributed by atoms with Crippen LogP contribution < -0.4 is 0 Å². The fourth-order valence-electron chi connectivity index (χ4n) is 1.26. The number of hydrogen-bond acceptors (Lipinski definition) is 2. The highest BCUT2D eigenvalue weighted by atomic mass is 16.2. The van der Waals surface area contributed by atoms with E-state index < -0.39 is 0 Å². The molecule has 0 N–H and O–H groups in total. The molecule has 0 spiro atoms. The fraction of sp³-hybridized carbons (Fsp3) is 0.600. The number of aryl methyl sites for hydroxylation is 1. The third-order valence-corrected chi connectivity index (χ3v) is 2.26. The van der Waals surface area contributed by atoms with E-state index in [9.17, 15) is 4.79 Å². The molecule has 0 fully saturated rings. The first-order valence-corrected chi connectivity index (χ1v) is 4.80. The van der Waals surface area contributed by atoms with E-state index in [1.165, 1.54) is 0 Å². The monoisotopic (exact) mass is 195 g/mol. The van der Waals surface area contributed by atoms with Gasteiger partial charge in [-0.25, -0.2) is 0 Å². The Kier molecular flexibility index (Phi) is 3.28. The number of aromatic nitrogens is 2. The Labute approximate surface area is 84.5 Å². The van der Waals surface area contributed by atoms with Crippen LogP contribution in [0.4, 0.5) is 0 Å². The van der Waals surface area contributed by atoms with Crippen molar-refractivity contribution in [3.05, 3.63) is 18.0 Å². The number of hydrogen-bond donors (Lipinski definition) is 0. The van der Waals surface area contributed by atoms with E-state index in [4.69, 9.17) is 0 Å². The minimum absolute atomic E-state index is 0.0655. The van der Waals surface area contributed by atoms with Gasteiger partial charge in [0.15, 0.2) is 0 Å². The SMILES string of the molecule is CCc1cnn(C(C)C(=O)N(C)C)c1. The molecule has 0 aromatic carbocycles. The van der Waals surface area contributed by atoms with Gasteiger partial charge in [-0.15, -0.1) is 0 Å². The van der Waals surface area contributed by atoms with Crippen LogP contribution in [0.2, 0.25) is 0 Å². The summed E-state index contributed by atoms with van der Waals surface area (Å²) in [5, 5.41) is 4.16. The van der Waals surface area contributed by atoms with Crippen molar-refractivity contribution in [2.45, 2.75) is 26.3 Å². The molecule has 1 aromatic heterocycles. The third kappa shape index (κ3) is 2.13. The van der Waals surface area contributed by atoms with Crippen LogP contribution >= 0.6 is 0 Å². The van der Waals surface area contributed by atoms with Gasteiger partial charge in [-0.1, -0.05) is 6.92 Å². The molecular weight excluding hydrogens is 178 g/mol. The van der Waals surface area contributed by atoms with Gasteiger partial charge >= 0.3 is 0 Å². The molecule has 0 aliphatic carbocycles. The smallest absolute Gasteiger partial charge is 0.246 e. The van der Waals surface area contributed by atoms with E-state index >= 15 is 0 Å². The van der Waals surface area contributed by atoms with Crippen molar-refractivity contribution in [2.24, 2.45) is 0 Å². The molecule has 1 amide bonds. The predicted octanol–water partition coefficient (Wildman–Crippen LogP) is 1.09. The molecule has 1 heterocycles.